The highest BCUT2D eigenvalue weighted by atomic mass is 35.5. The third-order valence-electron chi connectivity index (χ3n) is 3.91. The minimum Gasteiger partial charge on any atom is -0.508 e. The van der Waals surface area contributed by atoms with Gasteiger partial charge in [0.25, 0.3) is 5.91 Å². The van der Waals surface area contributed by atoms with E-state index in [0.717, 1.165) is 5.56 Å². The summed E-state index contributed by atoms with van der Waals surface area (Å²) in [4.78, 5) is 24.1. The summed E-state index contributed by atoms with van der Waals surface area (Å²) in [5.41, 5.74) is 5.92. The molecule has 150 valence electrons. The zero-order chi connectivity index (χ0) is 20.8. The van der Waals surface area contributed by atoms with Crippen molar-refractivity contribution in [3.63, 3.8) is 0 Å². The van der Waals surface area contributed by atoms with Crippen LogP contribution < -0.4 is 10.9 Å². The van der Waals surface area contributed by atoms with Gasteiger partial charge in [-0.1, -0.05) is 23.4 Å². The Morgan fingerprint density at radius 2 is 1.76 bits per heavy atom. The van der Waals surface area contributed by atoms with Gasteiger partial charge in [0.2, 0.25) is 5.91 Å². The Balaban J connectivity index is 1.56. The van der Waals surface area contributed by atoms with Gasteiger partial charge in [-0.3, -0.25) is 20.4 Å². The lowest BCUT2D eigenvalue weighted by atomic mass is 10.2. The molecule has 8 nitrogen and oxygen atoms in total. The number of phenolic OH excluding ortho intramolecular Hbond substituents is 1. The van der Waals surface area contributed by atoms with E-state index >= 15 is 0 Å². The molecule has 1 aromatic heterocycles. The number of carbonyl (C=O) groups excluding carboxylic acids is 2. The largest absolute Gasteiger partial charge is 0.508 e. The van der Waals surface area contributed by atoms with Crippen molar-refractivity contribution < 1.29 is 14.7 Å². The Bertz CT molecular complexity index is 1010. The highest BCUT2D eigenvalue weighted by Gasteiger charge is 2.15. The SMILES string of the molecule is CCn1c(SCC(=O)NNC(=O)c2ccc(Cl)cc2)nnc1-c1ccc(O)cc1. The Labute approximate surface area is 176 Å². The molecule has 0 aliphatic rings. The molecular weight excluding hydrogens is 414 g/mol. The van der Waals surface area contributed by atoms with E-state index < -0.39 is 5.91 Å². The summed E-state index contributed by atoms with van der Waals surface area (Å²) in [6.45, 7) is 2.56. The van der Waals surface area contributed by atoms with Crippen LogP contribution in [0.4, 0.5) is 0 Å². The highest BCUT2D eigenvalue weighted by molar-refractivity contribution is 7.99. The number of aromatic nitrogens is 3. The molecule has 3 rings (SSSR count). The monoisotopic (exact) mass is 431 g/mol. The van der Waals surface area contributed by atoms with E-state index in [0.29, 0.717) is 28.1 Å². The summed E-state index contributed by atoms with van der Waals surface area (Å²) in [5.74, 6) is 0.0458. The zero-order valence-corrected chi connectivity index (χ0v) is 17.0. The van der Waals surface area contributed by atoms with Crippen LogP contribution in [0.3, 0.4) is 0 Å². The average Bonchev–Trinajstić information content (AvgIpc) is 3.14. The lowest BCUT2D eigenvalue weighted by molar-refractivity contribution is -0.119. The van der Waals surface area contributed by atoms with Crippen LogP contribution in [0, 0.1) is 0 Å². The summed E-state index contributed by atoms with van der Waals surface area (Å²) in [6, 6.07) is 13.0. The smallest absolute Gasteiger partial charge is 0.269 e. The number of benzene rings is 2. The van der Waals surface area contributed by atoms with Gasteiger partial charge in [-0.05, 0) is 55.5 Å². The third kappa shape index (κ3) is 5.27. The van der Waals surface area contributed by atoms with Crippen LogP contribution in [0.1, 0.15) is 17.3 Å². The Hall–Kier alpha value is -3.04. The van der Waals surface area contributed by atoms with Crippen LogP contribution in [0.15, 0.2) is 53.7 Å². The standard InChI is InChI=1S/C19H18ClN5O3S/c1-2-25-17(12-5-9-15(26)10-6-12)22-24-19(25)29-11-16(27)21-23-18(28)13-3-7-14(20)8-4-13/h3-10,26H,2,11H2,1H3,(H,21,27)(H,23,28). The van der Waals surface area contributed by atoms with E-state index in [4.69, 9.17) is 11.6 Å². The third-order valence-corrected chi connectivity index (χ3v) is 5.13. The van der Waals surface area contributed by atoms with Crippen molar-refractivity contribution in [2.45, 2.75) is 18.6 Å². The van der Waals surface area contributed by atoms with Crippen molar-refractivity contribution in [2.75, 3.05) is 5.75 Å². The second-order valence-corrected chi connectivity index (χ2v) is 7.27. The molecule has 0 saturated heterocycles. The molecule has 0 atom stereocenters. The topological polar surface area (TPSA) is 109 Å². The molecule has 3 N–H and O–H groups in total. The van der Waals surface area contributed by atoms with E-state index in [2.05, 4.69) is 21.0 Å². The molecule has 2 aromatic carbocycles. The van der Waals surface area contributed by atoms with Crippen LogP contribution in [-0.4, -0.2) is 37.4 Å². The van der Waals surface area contributed by atoms with Gasteiger partial charge in [0.1, 0.15) is 5.75 Å². The fraction of sp³-hybridized carbons (Fsp3) is 0.158. The first-order valence-electron chi connectivity index (χ1n) is 8.68. The Morgan fingerprint density at radius 1 is 1.07 bits per heavy atom. The molecule has 1 heterocycles. The summed E-state index contributed by atoms with van der Waals surface area (Å²) in [5, 5.41) is 18.9. The van der Waals surface area contributed by atoms with Crippen LogP contribution in [0.2, 0.25) is 5.02 Å². The minimum atomic E-state index is -0.439. The predicted octanol–water partition coefficient (Wildman–Crippen LogP) is 2.88. The number of thioether (sulfide) groups is 1. The van der Waals surface area contributed by atoms with Crippen LogP contribution in [-0.2, 0) is 11.3 Å². The molecule has 0 radical (unpaired) electrons. The minimum absolute atomic E-state index is 0.0502. The second-order valence-electron chi connectivity index (χ2n) is 5.90. The maximum atomic E-state index is 12.1. The number of hydrogen-bond acceptors (Lipinski definition) is 6. The second kappa shape index (κ2) is 9.44. The van der Waals surface area contributed by atoms with E-state index in [9.17, 15) is 14.7 Å². The van der Waals surface area contributed by atoms with E-state index in [-0.39, 0.29) is 17.4 Å². The van der Waals surface area contributed by atoms with Crippen molar-refractivity contribution in [3.05, 3.63) is 59.1 Å². The van der Waals surface area contributed by atoms with E-state index in [1.165, 1.54) is 11.8 Å². The number of carbonyl (C=O) groups is 2. The number of hydrogen-bond donors (Lipinski definition) is 3. The van der Waals surface area contributed by atoms with E-state index in [1.54, 1.807) is 48.5 Å². The van der Waals surface area contributed by atoms with Gasteiger partial charge >= 0.3 is 0 Å². The van der Waals surface area contributed by atoms with Gasteiger partial charge in [-0.2, -0.15) is 0 Å². The highest BCUT2D eigenvalue weighted by Crippen LogP contribution is 2.25. The Morgan fingerprint density at radius 3 is 2.41 bits per heavy atom. The molecular formula is C19H18ClN5O3S. The molecule has 10 heteroatoms. The number of aromatic hydroxyl groups is 1. The zero-order valence-electron chi connectivity index (χ0n) is 15.4. The molecule has 0 fully saturated rings. The van der Waals surface area contributed by atoms with Gasteiger partial charge in [0.05, 0.1) is 5.75 Å². The fourth-order valence-electron chi connectivity index (χ4n) is 2.47. The van der Waals surface area contributed by atoms with Gasteiger partial charge < -0.3 is 9.67 Å². The quantitative estimate of drug-likeness (QED) is 0.409. The molecule has 2 amide bonds. The van der Waals surface area contributed by atoms with Crippen molar-refractivity contribution >= 4 is 35.2 Å². The van der Waals surface area contributed by atoms with Gasteiger partial charge in [0, 0.05) is 22.7 Å². The molecule has 0 bridgehead atoms. The van der Waals surface area contributed by atoms with E-state index in [1.807, 2.05) is 11.5 Å². The summed E-state index contributed by atoms with van der Waals surface area (Å²) in [7, 11) is 0. The van der Waals surface area contributed by atoms with Gasteiger partial charge in [-0.25, -0.2) is 0 Å². The fourth-order valence-corrected chi connectivity index (χ4v) is 3.40. The van der Waals surface area contributed by atoms with Gasteiger partial charge in [0.15, 0.2) is 11.0 Å². The number of nitrogens with one attached hydrogen (secondary N) is 2. The lowest BCUT2D eigenvalue weighted by Crippen LogP contribution is -2.42. The first-order valence-corrected chi connectivity index (χ1v) is 10.0. The maximum Gasteiger partial charge on any atom is 0.269 e. The average molecular weight is 432 g/mol. The van der Waals surface area contributed by atoms with Crippen LogP contribution in [0.5, 0.6) is 5.75 Å². The number of amides is 2. The number of nitrogens with zero attached hydrogens (tertiary/aromatic N) is 3. The molecule has 0 aliphatic heterocycles. The first-order chi connectivity index (χ1) is 14.0. The Kier molecular flexibility index (Phi) is 6.73. The number of phenols is 1. The molecule has 0 aliphatic carbocycles. The van der Waals surface area contributed by atoms with Crippen molar-refractivity contribution in [3.8, 4) is 17.1 Å². The van der Waals surface area contributed by atoms with Crippen LogP contribution in [0.25, 0.3) is 11.4 Å². The van der Waals surface area contributed by atoms with Crippen molar-refractivity contribution in [1.29, 1.82) is 0 Å². The first kappa shape index (κ1) is 20.7. The predicted molar refractivity (Wildman–Crippen MR) is 111 cm³/mol. The molecule has 0 saturated carbocycles. The molecule has 0 spiro atoms. The molecule has 0 unspecified atom stereocenters. The molecule has 3 aromatic rings. The molecule has 29 heavy (non-hydrogen) atoms. The van der Waals surface area contributed by atoms with Crippen LogP contribution >= 0.6 is 23.4 Å². The van der Waals surface area contributed by atoms with Crippen molar-refractivity contribution in [1.82, 2.24) is 25.6 Å². The van der Waals surface area contributed by atoms with Crippen molar-refractivity contribution in [2.24, 2.45) is 0 Å². The van der Waals surface area contributed by atoms with Gasteiger partial charge in [-0.15, -0.1) is 10.2 Å². The number of hydrazine groups is 1. The summed E-state index contributed by atoms with van der Waals surface area (Å²) in [6.07, 6.45) is 0. The maximum absolute atomic E-state index is 12.1. The summed E-state index contributed by atoms with van der Waals surface area (Å²) >= 11 is 6.99. The normalized spacial score (nSPS) is 10.6. The lowest BCUT2D eigenvalue weighted by Gasteiger charge is -2.09. The number of rotatable bonds is 6. The number of halogens is 1. The summed E-state index contributed by atoms with van der Waals surface area (Å²) < 4.78 is 1.87.